The monoisotopic (exact) mass is 293 g/mol. The Morgan fingerprint density at radius 1 is 1.40 bits per heavy atom. The lowest BCUT2D eigenvalue weighted by Gasteiger charge is -2.37. The molecule has 2 atom stereocenters. The molecule has 1 aromatic carbocycles. The van der Waals surface area contributed by atoms with Gasteiger partial charge in [0.25, 0.3) is 0 Å². The van der Waals surface area contributed by atoms with Crippen LogP contribution in [0.1, 0.15) is 24.8 Å². The summed E-state index contributed by atoms with van der Waals surface area (Å²) in [7, 11) is 0. The molecule has 2 fully saturated rings. The van der Waals surface area contributed by atoms with Gasteiger partial charge < -0.3 is 14.2 Å². The Hall–Kier alpha value is -1.28. The average Bonchev–Trinajstić information content (AvgIpc) is 2.87. The highest BCUT2D eigenvalue weighted by Gasteiger charge is 2.41. The van der Waals surface area contributed by atoms with Gasteiger partial charge in [0.05, 0.1) is 23.8 Å². The molecule has 0 aromatic heterocycles. The molecule has 0 bridgehead atoms. The van der Waals surface area contributed by atoms with E-state index in [0.29, 0.717) is 29.5 Å². The zero-order valence-electron chi connectivity index (χ0n) is 11.1. The SMILES string of the molecule is N#Cc1c(Cl)cccc1OC1CCOC2(CCOC2)C1. The fraction of sp³-hybridized carbons (Fsp3) is 0.533. The van der Waals surface area contributed by atoms with E-state index in [1.54, 1.807) is 18.2 Å². The van der Waals surface area contributed by atoms with Crippen LogP contribution in [0.15, 0.2) is 18.2 Å². The van der Waals surface area contributed by atoms with E-state index < -0.39 is 0 Å². The summed E-state index contributed by atoms with van der Waals surface area (Å²) in [5.41, 5.74) is 0.200. The van der Waals surface area contributed by atoms with Gasteiger partial charge in [0, 0.05) is 25.9 Å². The summed E-state index contributed by atoms with van der Waals surface area (Å²) in [5.74, 6) is 0.556. The third-order valence-electron chi connectivity index (χ3n) is 3.90. The van der Waals surface area contributed by atoms with Crippen molar-refractivity contribution in [3.8, 4) is 11.8 Å². The van der Waals surface area contributed by atoms with Crippen molar-refractivity contribution in [1.82, 2.24) is 0 Å². The summed E-state index contributed by atoms with van der Waals surface area (Å²) in [6.07, 6.45) is 2.56. The van der Waals surface area contributed by atoms with E-state index in [9.17, 15) is 5.26 Å². The standard InChI is InChI=1S/C15H16ClNO3/c16-13-2-1-3-14(12(13)9-17)20-11-4-6-19-15(8-11)5-7-18-10-15/h1-3,11H,4-8,10H2. The molecule has 2 aliphatic heterocycles. The molecule has 2 saturated heterocycles. The molecule has 20 heavy (non-hydrogen) atoms. The van der Waals surface area contributed by atoms with Gasteiger partial charge in [-0.1, -0.05) is 17.7 Å². The molecule has 0 amide bonds. The maximum Gasteiger partial charge on any atom is 0.139 e. The van der Waals surface area contributed by atoms with E-state index in [0.717, 1.165) is 25.9 Å². The molecule has 4 nitrogen and oxygen atoms in total. The number of ether oxygens (including phenoxy) is 3. The molecule has 0 N–H and O–H groups in total. The van der Waals surface area contributed by atoms with Crippen LogP contribution >= 0.6 is 11.6 Å². The van der Waals surface area contributed by atoms with Crippen LogP contribution in [0.3, 0.4) is 0 Å². The molecule has 106 valence electrons. The molecule has 0 radical (unpaired) electrons. The van der Waals surface area contributed by atoms with Crippen LogP contribution in [0, 0.1) is 11.3 Å². The second-order valence-electron chi connectivity index (χ2n) is 5.29. The highest BCUT2D eigenvalue weighted by atomic mass is 35.5. The summed E-state index contributed by atoms with van der Waals surface area (Å²) in [6.45, 7) is 2.04. The maximum atomic E-state index is 9.17. The van der Waals surface area contributed by atoms with Crippen molar-refractivity contribution in [2.75, 3.05) is 19.8 Å². The Morgan fingerprint density at radius 2 is 2.30 bits per heavy atom. The molecule has 2 unspecified atom stereocenters. The van der Waals surface area contributed by atoms with Crippen LogP contribution in [0.2, 0.25) is 5.02 Å². The Morgan fingerprint density at radius 3 is 3.05 bits per heavy atom. The predicted octanol–water partition coefficient (Wildman–Crippen LogP) is 2.93. The fourth-order valence-electron chi connectivity index (χ4n) is 2.84. The summed E-state index contributed by atoms with van der Waals surface area (Å²) in [6, 6.07) is 7.39. The number of nitrogens with zero attached hydrogens (tertiary/aromatic N) is 1. The van der Waals surface area contributed by atoms with Crippen molar-refractivity contribution in [2.45, 2.75) is 31.0 Å². The van der Waals surface area contributed by atoms with Crippen molar-refractivity contribution in [3.05, 3.63) is 28.8 Å². The molecule has 5 heteroatoms. The van der Waals surface area contributed by atoms with E-state index in [2.05, 4.69) is 6.07 Å². The minimum absolute atomic E-state index is 0.0380. The Kier molecular flexibility index (Phi) is 3.84. The predicted molar refractivity (Wildman–Crippen MR) is 73.9 cm³/mol. The first-order valence-corrected chi connectivity index (χ1v) is 7.17. The lowest BCUT2D eigenvalue weighted by Crippen LogP contribution is -2.44. The average molecular weight is 294 g/mol. The third kappa shape index (κ3) is 2.62. The highest BCUT2D eigenvalue weighted by Crippen LogP contribution is 2.35. The molecule has 0 saturated carbocycles. The zero-order valence-corrected chi connectivity index (χ0v) is 11.9. The summed E-state index contributed by atoms with van der Waals surface area (Å²) >= 11 is 6.02. The molecular weight excluding hydrogens is 278 g/mol. The second kappa shape index (κ2) is 5.61. The molecule has 1 aromatic rings. The Labute approximate surface area is 123 Å². The van der Waals surface area contributed by atoms with Gasteiger partial charge in [-0.2, -0.15) is 5.26 Å². The minimum Gasteiger partial charge on any atom is -0.489 e. The van der Waals surface area contributed by atoms with Gasteiger partial charge in [-0.05, 0) is 12.1 Å². The fourth-order valence-corrected chi connectivity index (χ4v) is 3.05. The lowest BCUT2D eigenvalue weighted by molar-refractivity contribution is -0.112. The quantitative estimate of drug-likeness (QED) is 0.841. The van der Waals surface area contributed by atoms with Gasteiger partial charge in [0.1, 0.15) is 23.5 Å². The molecule has 1 spiro atoms. The van der Waals surface area contributed by atoms with Crippen LogP contribution < -0.4 is 4.74 Å². The zero-order chi connectivity index (χ0) is 14.0. The number of hydrogen-bond donors (Lipinski definition) is 0. The van der Waals surface area contributed by atoms with Gasteiger partial charge in [0.2, 0.25) is 0 Å². The van der Waals surface area contributed by atoms with Crippen molar-refractivity contribution < 1.29 is 14.2 Å². The maximum absolute atomic E-state index is 9.17. The van der Waals surface area contributed by atoms with Crippen LogP contribution in [0.25, 0.3) is 0 Å². The summed E-state index contributed by atoms with van der Waals surface area (Å²) < 4.78 is 17.3. The molecular formula is C15H16ClNO3. The van der Waals surface area contributed by atoms with Crippen molar-refractivity contribution in [3.63, 3.8) is 0 Å². The number of benzene rings is 1. The first-order chi connectivity index (χ1) is 9.72. The first kappa shape index (κ1) is 13.7. The van der Waals surface area contributed by atoms with E-state index >= 15 is 0 Å². The van der Waals surface area contributed by atoms with Gasteiger partial charge in [-0.3, -0.25) is 0 Å². The number of rotatable bonds is 2. The van der Waals surface area contributed by atoms with Crippen LogP contribution in [0.5, 0.6) is 5.75 Å². The largest absolute Gasteiger partial charge is 0.489 e. The third-order valence-corrected chi connectivity index (χ3v) is 4.21. The smallest absolute Gasteiger partial charge is 0.139 e. The van der Waals surface area contributed by atoms with E-state index in [4.69, 9.17) is 25.8 Å². The van der Waals surface area contributed by atoms with Gasteiger partial charge >= 0.3 is 0 Å². The van der Waals surface area contributed by atoms with Crippen LogP contribution in [-0.4, -0.2) is 31.5 Å². The number of nitriles is 1. The molecule has 2 aliphatic rings. The van der Waals surface area contributed by atoms with E-state index in [1.807, 2.05) is 0 Å². The van der Waals surface area contributed by atoms with Gasteiger partial charge in [0.15, 0.2) is 0 Å². The summed E-state index contributed by atoms with van der Waals surface area (Å²) in [5, 5.41) is 9.60. The van der Waals surface area contributed by atoms with E-state index in [-0.39, 0.29) is 11.7 Å². The Balaban J connectivity index is 1.75. The van der Waals surface area contributed by atoms with Crippen molar-refractivity contribution in [1.29, 1.82) is 5.26 Å². The first-order valence-electron chi connectivity index (χ1n) is 6.79. The van der Waals surface area contributed by atoms with Crippen LogP contribution in [-0.2, 0) is 9.47 Å². The van der Waals surface area contributed by atoms with Gasteiger partial charge in [-0.25, -0.2) is 0 Å². The van der Waals surface area contributed by atoms with E-state index in [1.165, 1.54) is 0 Å². The molecule has 2 heterocycles. The second-order valence-corrected chi connectivity index (χ2v) is 5.70. The van der Waals surface area contributed by atoms with Gasteiger partial charge in [-0.15, -0.1) is 0 Å². The topological polar surface area (TPSA) is 51.5 Å². The highest BCUT2D eigenvalue weighted by molar-refractivity contribution is 6.31. The van der Waals surface area contributed by atoms with Crippen molar-refractivity contribution in [2.24, 2.45) is 0 Å². The molecule has 3 rings (SSSR count). The van der Waals surface area contributed by atoms with Crippen LogP contribution in [0.4, 0.5) is 0 Å². The normalized spacial score (nSPS) is 29.3. The minimum atomic E-state index is -0.200. The number of halogens is 1. The van der Waals surface area contributed by atoms with Crippen molar-refractivity contribution >= 4 is 11.6 Å². The molecule has 0 aliphatic carbocycles. The summed E-state index contributed by atoms with van der Waals surface area (Å²) in [4.78, 5) is 0. The lowest BCUT2D eigenvalue weighted by atomic mass is 9.91. The number of hydrogen-bond acceptors (Lipinski definition) is 4. The Bertz CT molecular complexity index is 534.